The van der Waals surface area contributed by atoms with Crippen LogP contribution in [0.3, 0.4) is 0 Å². The van der Waals surface area contributed by atoms with Gasteiger partial charge in [-0.05, 0) is 35.9 Å². The molecule has 0 spiro atoms. The number of thiocarbonyl (C=S) groups is 1. The number of pyridine rings is 1. The summed E-state index contributed by atoms with van der Waals surface area (Å²) in [6, 6.07) is 6.71. The number of anilines is 1. The van der Waals surface area contributed by atoms with Gasteiger partial charge in [-0.2, -0.15) is 13.2 Å². The maximum Gasteiger partial charge on any atom is 0.417 e. The second-order valence-electron chi connectivity index (χ2n) is 4.97. The number of hydrogen-bond donors (Lipinski definition) is 0. The van der Waals surface area contributed by atoms with Gasteiger partial charge in [0.2, 0.25) is 0 Å². The summed E-state index contributed by atoms with van der Waals surface area (Å²) in [5, 5.41) is -0.437. The predicted octanol–water partition coefficient (Wildman–Crippen LogP) is 5.16. The zero-order chi connectivity index (χ0) is 18.2. The minimum absolute atomic E-state index is 0.0220. The Kier molecular flexibility index (Phi) is 4.86. The van der Waals surface area contributed by atoms with E-state index in [1.54, 1.807) is 30.6 Å². The van der Waals surface area contributed by atoms with Crippen molar-refractivity contribution < 1.29 is 18.0 Å². The fourth-order valence-corrected chi connectivity index (χ4v) is 3.70. The van der Waals surface area contributed by atoms with Gasteiger partial charge in [0.25, 0.3) is 5.91 Å². The molecule has 1 aliphatic heterocycles. The van der Waals surface area contributed by atoms with E-state index in [9.17, 15) is 18.0 Å². The lowest BCUT2D eigenvalue weighted by Gasteiger charge is -2.17. The van der Waals surface area contributed by atoms with Gasteiger partial charge in [0, 0.05) is 12.4 Å². The monoisotopic (exact) mass is 400 g/mol. The summed E-state index contributed by atoms with van der Waals surface area (Å²) < 4.78 is 39.2. The number of thioether (sulfide) groups is 1. The van der Waals surface area contributed by atoms with Gasteiger partial charge in [0.1, 0.15) is 0 Å². The van der Waals surface area contributed by atoms with Crippen LogP contribution in [0.4, 0.5) is 18.9 Å². The Hall–Kier alpha value is -1.90. The minimum atomic E-state index is -4.63. The number of aromatic nitrogens is 1. The molecule has 1 fully saturated rings. The average Bonchev–Trinajstić information content (AvgIpc) is 2.82. The number of rotatable bonds is 2. The highest BCUT2D eigenvalue weighted by atomic mass is 35.5. The molecule has 3 rings (SSSR count). The van der Waals surface area contributed by atoms with Crippen molar-refractivity contribution in [3.8, 4) is 0 Å². The van der Waals surface area contributed by atoms with Gasteiger partial charge in [-0.25, -0.2) is 0 Å². The largest absolute Gasteiger partial charge is 0.417 e. The van der Waals surface area contributed by atoms with E-state index in [-0.39, 0.29) is 10.0 Å². The normalized spacial score (nSPS) is 16.8. The van der Waals surface area contributed by atoms with Crippen molar-refractivity contribution in [1.82, 2.24) is 4.98 Å². The summed E-state index contributed by atoms with van der Waals surface area (Å²) in [4.78, 5) is 17.9. The number of hydrogen-bond acceptors (Lipinski definition) is 4. The molecule has 2 heterocycles. The Bertz CT molecular complexity index is 885. The van der Waals surface area contributed by atoms with E-state index in [2.05, 4.69) is 4.98 Å². The summed E-state index contributed by atoms with van der Waals surface area (Å²) in [5.41, 5.74) is -0.305. The predicted molar refractivity (Wildman–Crippen MR) is 96.3 cm³/mol. The highest BCUT2D eigenvalue weighted by Crippen LogP contribution is 2.40. The van der Waals surface area contributed by atoms with Gasteiger partial charge in [0.05, 0.1) is 21.2 Å². The van der Waals surface area contributed by atoms with Crippen LogP contribution < -0.4 is 4.90 Å². The smallest absolute Gasteiger partial charge is 0.268 e. The molecule has 0 saturated carbocycles. The molecule has 25 heavy (non-hydrogen) atoms. The molecule has 9 heteroatoms. The van der Waals surface area contributed by atoms with E-state index in [4.69, 9.17) is 23.8 Å². The molecule has 0 atom stereocenters. The van der Waals surface area contributed by atoms with Crippen LogP contribution in [0.5, 0.6) is 0 Å². The van der Waals surface area contributed by atoms with E-state index in [1.165, 1.54) is 6.07 Å². The molecule has 1 aliphatic rings. The number of alkyl halides is 3. The molecule has 0 bridgehead atoms. The van der Waals surface area contributed by atoms with Crippen LogP contribution in [0.1, 0.15) is 11.1 Å². The molecule has 1 aromatic heterocycles. The van der Waals surface area contributed by atoms with Crippen molar-refractivity contribution in [3.05, 3.63) is 63.8 Å². The lowest BCUT2D eigenvalue weighted by atomic mass is 10.1. The van der Waals surface area contributed by atoms with Crippen LogP contribution in [0.25, 0.3) is 6.08 Å². The van der Waals surface area contributed by atoms with Crippen LogP contribution >= 0.6 is 35.6 Å². The summed E-state index contributed by atoms with van der Waals surface area (Å²) >= 11 is 11.8. The summed E-state index contributed by atoms with van der Waals surface area (Å²) in [6.45, 7) is 0. The lowest BCUT2D eigenvalue weighted by Crippen LogP contribution is -2.27. The van der Waals surface area contributed by atoms with Gasteiger partial charge in [0.15, 0.2) is 4.32 Å². The summed E-state index contributed by atoms with van der Waals surface area (Å²) in [7, 11) is 0. The van der Waals surface area contributed by atoms with Crippen LogP contribution in [0, 0.1) is 0 Å². The van der Waals surface area contributed by atoms with Crippen molar-refractivity contribution in [2.45, 2.75) is 6.18 Å². The van der Waals surface area contributed by atoms with Crippen LogP contribution in [0.15, 0.2) is 47.6 Å². The van der Waals surface area contributed by atoms with Crippen molar-refractivity contribution in [1.29, 1.82) is 0 Å². The third kappa shape index (κ3) is 3.70. The maximum absolute atomic E-state index is 13.0. The number of amides is 1. The first-order chi connectivity index (χ1) is 11.8. The number of benzene rings is 1. The van der Waals surface area contributed by atoms with E-state index in [0.29, 0.717) is 10.5 Å². The molecule has 0 aliphatic carbocycles. The van der Waals surface area contributed by atoms with Gasteiger partial charge in [-0.1, -0.05) is 41.6 Å². The molecule has 0 unspecified atom stereocenters. The number of nitrogens with zero attached hydrogens (tertiary/aromatic N) is 2. The second kappa shape index (κ2) is 6.78. The van der Waals surface area contributed by atoms with E-state index >= 15 is 0 Å². The highest BCUT2D eigenvalue weighted by Gasteiger charge is 2.37. The zero-order valence-corrected chi connectivity index (χ0v) is 14.6. The van der Waals surface area contributed by atoms with Crippen LogP contribution in [0.2, 0.25) is 5.02 Å². The van der Waals surface area contributed by atoms with E-state index in [1.807, 2.05) is 0 Å². The van der Waals surface area contributed by atoms with Crippen molar-refractivity contribution >= 4 is 57.6 Å². The Balaban J connectivity index is 1.98. The molecule has 128 valence electrons. The van der Waals surface area contributed by atoms with Gasteiger partial charge >= 0.3 is 6.18 Å². The molecule has 3 nitrogen and oxygen atoms in total. The fraction of sp³-hybridized carbons (Fsp3) is 0.0625. The Morgan fingerprint density at radius 3 is 2.68 bits per heavy atom. The van der Waals surface area contributed by atoms with Crippen molar-refractivity contribution in [2.24, 2.45) is 0 Å². The lowest BCUT2D eigenvalue weighted by molar-refractivity contribution is -0.137. The summed E-state index contributed by atoms with van der Waals surface area (Å²) in [5.74, 6) is -0.491. The number of carbonyl (C=O) groups excluding carboxylic acids is 1. The van der Waals surface area contributed by atoms with E-state index < -0.39 is 22.7 Å². The molecule has 1 amide bonds. The molecule has 2 aromatic rings. The van der Waals surface area contributed by atoms with Gasteiger partial charge in [-0.3, -0.25) is 14.7 Å². The molecular weight excluding hydrogens is 393 g/mol. The first-order valence-electron chi connectivity index (χ1n) is 6.82. The van der Waals surface area contributed by atoms with Gasteiger partial charge < -0.3 is 0 Å². The van der Waals surface area contributed by atoms with Crippen LogP contribution in [-0.4, -0.2) is 15.2 Å². The molecule has 1 aromatic carbocycles. The Morgan fingerprint density at radius 2 is 2.04 bits per heavy atom. The molecular formula is C16H8ClF3N2OS2. The van der Waals surface area contributed by atoms with Crippen molar-refractivity contribution in [2.75, 3.05) is 4.90 Å². The first kappa shape index (κ1) is 17.9. The van der Waals surface area contributed by atoms with Crippen molar-refractivity contribution in [3.63, 3.8) is 0 Å². The molecule has 1 saturated heterocycles. The number of carbonyl (C=O) groups is 1. The minimum Gasteiger partial charge on any atom is -0.268 e. The quantitative estimate of drug-likeness (QED) is 0.515. The Morgan fingerprint density at radius 1 is 1.28 bits per heavy atom. The fourth-order valence-electron chi connectivity index (χ4n) is 2.17. The number of halogens is 4. The van der Waals surface area contributed by atoms with Crippen LogP contribution in [-0.2, 0) is 11.0 Å². The Labute approximate surface area is 155 Å². The highest BCUT2D eigenvalue weighted by molar-refractivity contribution is 8.27. The third-order valence-electron chi connectivity index (χ3n) is 3.29. The average molecular weight is 401 g/mol. The van der Waals surface area contributed by atoms with Gasteiger partial charge in [-0.15, -0.1) is 0 Å². The standard InChI is InChI=1S/C16H8ClF3N2OS2/c17-12-4-3-10(7-11(12)16(18,19)20)22-14(23)13(25-15(22)24)6-9-2-1-5-21-8-9/h1-8H/b13-6+. The topological polar surface area (TPSA) is 33.2 Å². The zero-order valence-electron chi connectivity index (χ0n) is 12.2. The molecule has 0 radical (unpaired) electrons. The SMILES string of the molecule is O=C1/C(=C\c2cccnc2)SC(=S)N1c1ccc(Cl)c(C(F)(F)F)c1. The summed E-state index contributed by atoms with van der Waals surface area (Å²) in [6.07, 6.45) is 0.122. The second-order valence-corrected chi connectivity index (χ2v) is 7.05. The maximum atomic E-state index is 13.0. The third-order valence-corrected chi connectivity index (χ3v) is 4.92. The molecule has 0 N–H and O–H groups in total. The first-order valence-corrected chi connectivity index (χ1v) is 8.42. The van der Waals surface area contributed by atoms with E-state index in [0.717, 1.165) is 28.8 Å².